The standard InChI is InChI=1S/C24H27ClN2O2S/c1-17-15-18(22(28)27-11-13-30-14-12-27)7-8-21(17)26-23(29)24(9-2-3-10-24)19-5-4-6-20(25)16-19/h4-8,15-16H,2-3,9-14H2,1H3,(H,26,29). The summed E-state index contributed by atoms with van der Waals surface area (Å²) in [6.07, 6.45) is 3.70. The van der Waals surface area contributed by atoms with Crippen LogP contribution in [0.3, 0.4) is 0 Å². The summed E-state index contributed by atoms with van der Waals surface area (Å²) in [6.45, 7) is 3.53. The number of hydrogen-bond acceptors (Lipinski definition) is 3. The lowest BCUT2D eigenvalue weighted by molar-refractivity contribution is -0.121. The van der Waals surface area contributed by atoms with E-state index in [0.717, 1.165) is 67.1 Å². The van der Waals surface area contributed by atoms with Gasteiger partial charge in [-0.15, -0.1) is 0 Å². The summed E-state index contributed by atoms with van der Waals surface area (Å²) in [5.74, 6) is 2.06. The lowest BCUT2D eigenvalue weighted by Crippen LogP contribution is -2.38. The van der Waals surface area contributed by atoms with Gasteiger partial charge in [0.2, 0.25) is 5.91 Å². The molecule has 0 bridgehead atoms. The highest BCUT2D eigenvalue weighted by molar-refractivity contribution is 7.99. The number of rotatable bonds is 4. The van der Waals surface area contributed by atoms with Gasteiger partial charge in [0.25, 0.3) is 5.91 Å². The van der Waals surface area contributed by atoms with Gasteiger partial charge >= 0.3 is 0 Å². The number of carbonyl (C=O) groups is 2. The van der Waals surface area contributed by atoms with E-state index < -0.39 is 5.41 Å². The van der Waals surface area contributed by atoms with Crippen LogP contribution < -0.4 is 5.32 Å². The van der Waals surface area contributed by atoms with Crippen LogP contribution in [0.15, 0.2) is 42.5 Å². The highest BCUT2D eigenvalue weighted by atomic mass is 35.5. The molecule has 158 valence electrons. The smallest absolute Gasteiger partial charge is 0.253 e. The van der Waals surface area contributed by atoms with Crippen LogP contribution in [0, 0.1) is 6.92 Å². The molecule has 2 amide bonds. The van der Waals surface area contributed by atoms with E-state index in [4.69, 9.17) is 11.6 Å². The fourth-order valence-electron chi connectivity index (χ4n) is 4.54. The quantitative estimate of drug-likeness (QED) is 0.700. The molecule has 30 heavy (non-hydrogen) atoms. The first-order valence-electron chi connectivity index (χ1n) is 10.5. The van der Waals surface area contributed by atoms with Crippen molar-refractivity contribution in [2.75, 3.05) is 29.9 Å². The number of thioether (sulfide) groups is 1. The van der Waals surface area contributed by atoms with Crippen LogP contribution in [0.5, 0.6) is 0 Å². The second kappa shape index (κ2) is 9.03. The van der Waals surface area contributed by atoms with Crippen molar-refractivity contribution in [2.24, 2.45) is 0 Å². The summed E-state index contributed by atoms with van der Waals surface area (Å²) < 4.78 is 0. The zero-order chi connectivity index (χ0) is 21.1. The molecule has 1 aliphatic carbocycles. The van der Waals surface area contributed by atoms with E-state index in [1.165, 1.54) is 0 Å². The summed E-state index contributed by atoms with van der Waals surface area (Å²) >= 11 is 8.10. The number of anilines is 1. The van der Waals surface area contributed by atoms with E-state index in [0.29, 0.717) is 10.6 Å². The molecule has 0 aromatic heterocycles. The number of benzene rings is 2. The van der Waals surface area contributed by atoms with Gasteiger partial charge in [0.15, 0.2) is 0 Å². The van der Waals surface area contributed by atoms with Gasteiger partial charge in [0.1, 0.15) is 0 Å². The topological polar surface area (TPSA) is 49.4 Å². The van der Waals surface area contributed by atoms with Gasteiger partial charge in [-0.1, -0.05) is 36.6 Å². The molecule has 6 heteroatoms. The third-order valence-corrected chi connectivity index (χ3v) is 7.47. The predicted molar refractivity (Wildman–Crippen MR) is 125 cm³/mol. The van der Waals surface area contributed by atoms with Crippen LogP contribution >= 0.6 is 23.4 Å². The maximum atomic E-state index is 13.4. The Morgan fingerprint density at radius 2 is 1.80 bits per heavy atom. The number of aryl methyl sites for hydroxylation is 1. The second-order valence-electron chi connectivity index (χ2n) is 8.19. The number of amides is 2. The maximum Gasteiger partial charge on any atom is 0.253 e. The molecule has 0 radical (unpaired) electrons. The van der Waals surface area contributed by atoms with Gasteiger partial charge < -0.3 is 10.2 Å². The maximum absolute atomic E-state index is 13.4. The number of nitrogens with one attached hydrogen (secondary N) is 1. The van der Waals surface area contributed by atoms with Crippen LogP contribution in [-0.2, 0) is 10.2 Å². The first kappa shape index (κ1) is 21.3. The Bertz CT molecular complexity index is 950. The van der Waals surface area contributed by atoms with Crippen molar-refractivity contribution in [1.29, 1.82) is 0 Å². The van der Waals surface area contributed by atoms with Crippen molar-refractivity contribution < 1.29 is 9.59 Å². The summed E-state index contributed by atoms with van der Waals surface area (Å²) in [7, 11) is 0. The first-order chi connectivity index (χ1) is 14.5. The number of nitrogens with zero attached hydrogens (tertiary/aromatic N) is 1. The predicted octanol–water partition coefficient (Wildman–Crippen LogP) is 5.29. The summed E-state index contributed by atoms with van der Waals surface area (Å²) in [5.41, 5.74) is 2.79. The SMILES string of the molecule is Cc1cc(C(=O)N2CCSCC2)ccc1NC(=O)C1(c2cccc(Cl)c2)CCCC1. The van der Waals surface area contributed by atoms with Crippen molar-refractivity contribution in [3.8, 4) is 0 Å². The Morgan fingerprint density at radius 1 is 1.07 bits per heavy atom. The molecule has 4 nitrogen and oxygen atoms in total. The van der Waals surface area contributed by atoms with E-state index in [-0.39, 0.29) is 11.8 Å². The van der Waals surface area contributed by atoms with Crippen LogP contribution in [0.2, 0.25) is 5.02 Å². The minimum Gasteiger partial charge on any atom is -0.337 e. The van der Waals surface area contributed by atoms with Gasteiger partial charge in [0, 0.05) is 40.9 Å². The lowest BCUT2D eigenvalue weighted by Gasteiger charge is -2.29. The van der Waals surface area contributed by atoms with Crippen LogP contribution in [0.4, 0.5) is 5.69 Å². The number of carbonyl (C=O) groups excluding carboxylic acids is 2. The van der Waals surface area contributed by atoms with Crippen molar-refractivity contribution in [1.82, 2.24) is 4.90 Å². The normalized spacial score (nSPS) is 18.3. The fourth-order valence-corrected chi connectivity index (χ4v) is 5.63. The zero-order valence-corrected chi connectivity index (χ0v) is 18.8. The van der Waals surface area contributed by atoms with Crippen molar-refractivity contribution in [2.45, 2.75) is 38.0 Å². The van der Waals surface area contributed by atoms with Gasteiger partial charge in [-0.2, -0.15) is 11.8 Å². The van der Waals surface area contributed by atoms with E-state index in [1.807, 2.05) is 66.1 Å². The van der Waals surface area contributed by atoms with E-state index >= 15 is 0 Å². The molecule has 2 aromatic carbocycles. The average molecular weight is 443 g/mol. The second-order valence-corrected chi connectivity index (χ2v) is 9.85. The Balaban J connectivity index is 1.54. The molecule has 1 N–H and O–H groups in total. The van der Waals surface area contributed by atoms with Crippen molar-refractivity contribution in [3.05, 3.63) is 64.2 Å². The van der Waals surface area contributed by atoms with Crippen LogP contribution in [0.25, 0.3) is 0 Å². The van der Waals surface area contributed by atoms with Crippen molar-refractivity contribution >= 4 is 40.9 Å². The minimum atomic E-state index is -0.544. The molecular weight excluding hydrogens is 416 g/mol. The largest absolute Gasteiger partial charge is 0.337 e. The lowest BCUT2D eigenvalue weighted by atomic mass is 9.78. The monoisotopic (exact) mass is 442 g/mol. The molecule has 1 saturated heterocycles. The number of halogens is 1. The molecule has 2 fully saturated rings. The van der Waals surface area contributed by atoms with E-state index in [1.54, 1.807) is 0 Å². The van der Waals surface area contributed by atoms with Crippen molar-refractivity contribution in [3.63, 3.8) is 0 Å². The molecule has 2 aromatic rings. The molecular formula is C24H27ClN2O2S. The molecule has 2 aliphatic rings. The first-order valence-corrected chi connectivity index (χ1v) is 12.1. The Kier molecular flexibility index (Phi) is 6.40. The molecule has 0 spiro atoms. The highest BCUT2D eigenvalue weighted by Gasteiger charge is 2.43. The van der Waals surface area contributed by atoms with Gasteiger partial charge in [-0.05, 0) is 61.2 Å². The molecule has 1 aliphatic heterocycles. The minimum absolute atomic E-state index is 0.0116. The molecule has 0 atom stereocenters. The van der Waals surface area contributed by atoms with Gasteiger partial charge in [-0.25, -0.2) is 0 Å². The van der Waals surface area contributed by atoms with E-state index in [2.05, 4.69) is 5.32 Å². The van der Waals surface area contributed by atoms with Gasteiger partial charge in [-0.3, -0.25) is 9.59 Å². The summed E-state index contributed by atoms with van der Waals surface area (Å²) in [6, 6.07) is 13.2. The van der Waals surface area contributed by atoms with Crippen LogP contribution in [0.1, 0.15) is 47.2 Å². The highest BCUT2D eigenvalue weighted by Crippen LogP contribution is 2.43. The molecule has 1 heterocycles. The Labute approximate surface area is 187 Å². The molecule has 4 rings (SSSR count). The summed E-state index contributed by atoms with van der Waals surface area (Å²) in [5, 5.41) is 3.80. The fraction of sp³-hybridized carbons (Fsp3) is 0.417. The van der Waals surface area contributed by atoms with Gasteiger partial charge in [0.05, 0.1) is 5.41 Å². The average Bonchev–Trinajstić information content (AvgIpc) is 3.27. The molecule has 0 unspecified atom stereocenters. The van der Waals surface area contributed by atoms with E-state index in [9.17, 15) is 9.59 Å². The Morgan fingerprint density at radius 3 is 2.47 bits per heavy atom. The number of hydrogen-bond donors (Lipinski definition) is 1. The zero-order valence-electron chi connectivity index (χ0n) is 17.2. The third kappa shape index (κ3) is 4.23. The van der Waals surface area contributed by atoms with Crippen LogP contribution in [-0.4, -0.2) is 41.3 Å². The molecule has 1 saturated carbocycles. The summed E-state index contributed by atoms with van der Waals surface area (Å²) in [4.78, 5) is 28.1. The third-order valence-electron chi connectivity index (χ3n) is 6.29. The Hall–Kier alpha value is -1.98.